The highest BCUT2D eigenvalue weighted by atomic mass is 16.2. The summed E-state index contributed by atoms with van der Waals surface area (Å²) in [7, 11) is 1.97. The van der Waals surface area contributed by atoms with E-state index in [4.69, 9.17) is 0 Å². The molecule has 2 aliphatic rings. The van der Waals surface area contributed by atoms with Gasteiger partial charge in [-0.3, -0.25) is 4.79 Å². The van der Waals surface area contributed by atoms with Gasteiger partial charge >= 0.3 is 0 Å². The first-order chi connectivity index (χ1) is 12.2. The van der Waals surface area contributed by atoms with Crippen LogP contribution in [-0.4, -0.2) is 17.9 Å². The van der Waals surface area contributed by atoms with E-state index in [2.05, 4.69) is 48.5 Å². The third kappa shape index (κ3) is 3.35. The molecular formula is C23H27NO. The molecule has 0 saturated heterocycles. The largest absolute Gasteiger partial charge is 0.335 e. The standard InChI is InChI=1S/C23H27NO/c1-24(22(25)16-21-15-17-12-13-20(21)14-17)23(18-8-4-2-5-9-18)19-10-6-3-7-11-19/h2-11,17,20-21,23H,12-16H2,1H3. The molecule has 2 aromatic rings. The lowest BCUT2D eigenvalue weighted by Gasteiger charge is -2.31. The van der Waals surface area contributed by atoms with Crippen LogP contribution in [0.1, 0.15) is 49.3 Å². The summed E-state index contributed by atoms with van der Waals surface area (Å²) < 4.78 is 0. The Bertz CT molecular complexity index is 672. The van der Waals surface area contributed by atoms with Crippen LogP contribution in [0, 0.1) is 17.8 Å². The van der Waals surface area contributed by atoms with Gasteiger partial charge in [-0.1, -0.05) is 67.1 Å². The smallest absolute Gasteiger partial charge is 0.223 e. The molecule has 0 aromatic heterocycles. The zero-order chi connectivity index (χ0) is 17.2. The molecule has 2 aromatic carbocycles. The van der Waals surface area contributed by atoms with Crippen LogP contribution in [0.5, 0.6) is 0 Å². The minimum Gasteiger partial charge on any atom is -0.335 e. The quantitative estimate of drug-likeness (QED) is 0.749. The van der Waals surface area contributed by atoms with E-state index in [1.165, 1.54) is 36.8 Å². The molecule has 4 rings (SSSR count). The van der Waals surface area contributed by atoms with Crippen molar-refractivity contribution in [1.29, 1.82) is 0 Å². The SMILES string of the molecule is CN(C(=O)CC1CC2CCC1C2)C(c1ccccc1)c1ccccc1. The van der Waals surface area contributed by atoms with Crippen LogP contribution in [0.25, 0.3) is 0 Å². The molecule has 2 saturated carbocycles. The van der Waals surface area contributed by atoms with E-state index in [1.54, 1.807) is 0 Å². The number of hydrogen-bond donors (Lipinski definition) is 0. The van der Waals surface area contributed by atoms with Gasteiger partial charge in [0.25, 0.3) is 0 Å². The van der Waals surface area contributed by atoms with E-state index in [-0.39, 0.29) is 11.9 Å². The van der Waals surface area contributed by atoms with Gasteiger partial charge in [-0.05, 0) is 48.1 Å². The van der Waals surface area contributed by atoms with E-state index in [0.717, 1.165) is 11.8 Å². The molecule has 0 radical (unpaired) electrons. The van der Waals surface area contributed by atoms with Crippen LogP contribution in [0.15, 0.2) is 60.7 Å². The third-order valence-corrected chi connectivity index (χ3v) is 6.33. The first-order valence-electron chi connectivity index (χ1n) is 9.58. The fraction of sp³-hybridized carbons (Fsp3) is 0.435. The van der Waals surface area contributed by atoms with E-state index in [0.29, 0.717) is 12.3 Å². The number of rotatable bonds is 5. The van der Waals surface area contributed by atoms with Gasteiger partial charge in [-0.15, -0.1) is 0 Å². The van der Waals surface area contributed by atoms with Crippen LogP contribution in [0.2, 0.25) is 0 Å². The van der Waals surface area contributed by atoms with Crippen LogP contribution < -0.4 is 0 Å². The number of hydrogen-bond acceptors (Lipinski definition) is 1. The summed E-state index contributed by atoms with van der Waals surface area (Å²) in [6, 6.07) is 20.8. The normalized spacial score (nSPS) is 24.6. The Hall–Kier alpha value is -2.09. The number of benzene rings is 2. The molecular weight excluding hydrogens is 306 g/mol. The van der Waals surface area contributed by atoms with Crippen molar-refractivity contribution in [2.75, 3.05) is 7.05 Å². The van der Waals surface area contributed by atoms with Gasteiger partial charge in [-0.2, -0.15) is 0 Å². The van der Waals surface area contributed by atoms with Crippen molar-refractivity contribution >= 4 is 5.91 Å². The highest BCUT2D eigenvalue weighted by molar-refractivity contribution is 5.77. The lowest BCUT2D eigenvalue weighted by molar-refractivity contribution is -0.132. The van der Waals surface area contributed by atoms with Crippen molar-refractivity contribution in [3.63, 3.8) is 0 Å². The first kappa shape index (κ1) is 16.4. The third-order valence-electron chi connectivity index (χ3n) is 6.33. The molecule has 3 unspecified atom stereocenters. The van der Waals surface area contributed by atoms with Crippen LogP contribution in [0.4, 0.5) is 0 Å². The van der Waals surface area contributed by atoms with Crippen molar-refractivity contribution in [1.82, 2.24) is 4.90 Å². The fourth-order valence-electron chi connectivity index (χ4n) is 5.05. The molecule has 25 heavy (non-hydrogen) atoms. The lowest BCUT2D eigenvalue weighted by Crippen LogP contribution is -2.34. The van der Waals surface area contributed by atoms with Crippen LogP contribution >= 0.6 is 0 Å². The average Bonchev–Trinajstić information content (AvgIpc) is 3.27. The van der Waals surface area contributed by atoms with Gasteiger partial charge in [0.2, 0.25) is 5.91 Å². The number of carbonyl (C=O) groups excluding carboxylic acids is 1. The minimum absolute atomic E-state index is 0.00603. The molecule has 1 amide bonds. The number of carbonyl (C=O) groups is 1. The fourth-order valence-corrected chi connectivity index (χ4v) is 5.05. The van der Waals surface area contributed by atoms with Gasteiger partial charge in [0, 0.05) is 13.5 Å². The van der Waals surface area contributed by atoms with Gasteiger partial charge in [0.05, 0.1) is 6.04 Å². The van der Waals surface area contributed by atoms with Crippen molar-refractivity contribution in [3.05, 3.63) is 71.8 Å². The molecule has 2 nitrogen and oxygen atoms in total. The zero-order valence-corrected chi connectivity index (χ0v) is 15.0. The van der Waals surface area contributed by atoms with E-state index < -0.39 is 0 Å². The highest BCUT2D eigenvalue weighted by Crippen LogP contribution is 2.49. The number of nitrogens with zero attached hydrogens (tertiary/aromatic N) is 1. The highest BCUT2D eigenvalue weighted by Gasteiger charge is 2.40. The first-order valence-corrected chi connectivity index (χ1v) is 9.58. The summed E-state index contributed by atoms with van der Waals surface area (Å²) in [5.74, 6) is 2.59. The number of amides is 1. The molecule has 130 valence electrons. The van der Waals surface area contributed by atoms with Crippen molar-refractivity contribution in [2.24, 2.45) is 17.8 Å². The molecule has 2 heteroatoms. The predicted molar refractivity (Wildman–Crippen MR) is 101 cm³/mol. The summed E-state index contributed by atoms with van der Waals surface area (Å²) in [5.41, 5.74) is 2.36. The molecule has 0 N–H and O–H groups in total. The summed E-state index contributed by atoms with van der Waals surface area (Å²) in [4.78, 5) is 15.1. The Balaban J connectivity index is 1.55. The monoisotopic (exact) mass is 333 g/mol. The summed E-state index contributed by atoms with van der Waals surface area (Å²) in [6.07, 6.45) is 6.08. The molecule has 0 spiro atoms. The molecule has 0 heterocycles. The second-order valence-corrected chi connectivity index (χ2v) is 7.87. The predicted octanol–water partition coefficient (Wildman–Crippen LogP) is 5.06. The molecule has 3 atom stereocenters. The van der Waals surface area contributed by atoms with Crippen LogP contribution in [0.3, 0.4) is 0 Å². The van der Waals surface area contributed by atoms with Crippen molar-refractivity contribution in [3.8, 4) is 0 Å². The Morgan fingerprint density at radius 2 is 1.56 bits per heavy atom. The van der Waals surface area contributed by atoms with Crippen molar-refractivity contribution in [2.45, 2.75) is 38.1 Å². The van der Waals surface area contributed by atoms with Gasteiger partial charge in [-0.25, -0.2) is 0 Å². The van der Waals surface area contributed by atoms with E-state index >= 15 is 0 Å². The molecule has 0 aliphatic heterocycles. The van der Waals surface area contributed by atoms with E-state index in [9.17, 15) is 4.79 Å². The topological polar surface area (TPSA) is 20.3 Å². The van der Waals surface area contributed by atoms with E-state index in [1.807, 2.05) is 24.1 Å². The van der Waals surface area contributed by atoms with Crippen molar-refractivity contribution < 1.29 is 4.79 Å². The lowest BCUT2D eigenvalue weighted by atomic mass is 9.86. The maximum atomic E-state index is 13.1. The van der Waals surface area contributed by atoms with Gasteiger partial charge in [0.15, 0.2) is 0 Å². The summed E-state index contributed by atoms with van der Waals surface area (Å²) in [5, 5.41) is 0. The Morgan fingerprint density at radius 3 is 2.04 bits per heavy atom. The second kappa shape index (κ2) is 7.03. The summed E-state index contributed by atoms with van der Waals surface area (Å²) in [6.45, 7) is 0. The maximum Gasteiger partial charge on any atom is 0.223 e. The average molecular weight is 333 g/mol. The molecule has 2 bridgehead atoms. The maximum absolute atomic E-state index is 13.1. The van der Waals surface area contributed by atoms with Gasteiger partial charge < -0.3 is 4.90 Å². The zero-order valence-electron chi connectivity index (χ0n) is 15.0. The Labute approximate surface area is 150 Å². The van der Waals surface area contributed by atoms with Crippen LogP contribution in [-0.2, 0) is 4.79 Å². The molecule has 2 aliphatic carbocycles. The minimum atomic E-state index is -0.00603. The second-order valence-electron chi connectivity index (χ2n) is 7.87. The van der Waals surface area contributed by atoms with Gasteiger partial charge in [0.1, 0.15) is 0 Å². The Kier molecular flexibility index (Phi) is 4.61. The summed E-state index contributed by atoms with van der Waals surface area (Å²) >= 11 is 0. The molecule has 2 fully saturated rings. The Morgan fingerprint density at radius 1 is 0.960 bits per heavy atom. The number of fused-ring (bicyclic) bond motifs is 2.